The Morgan fingerprint density at radius 3 is 2.52 bits per heavy atom. The van der Waals surface area contributed by atoms with Crippen molar-refractivity contribution >= 4 is 0 Å². The number of aryl methyl sites for hydroxylation is 2. The minimum atomic E-state index is -0.949. The molecule has 0 spiro atoms. The van der Waals surface area contributed by atoms with Crippen LogP contribution in [0.25, 0.3) is 0 Å². The summed E-state index contributed by atoms with van der Waals surface area (Å²) in [6.45, 7) is 1.94. The quantitative estimate of drug-likeness (QED) is 0.319. The van der Waals surface area contributed by atoms with Crippen LogP contribution in [0.5, 0.6) is 0 Å². The summed E-state index contributed by atoms with van der Waals surface area (Å²) in [5, 5.41) is 0. The Hall–Kier alpha value is -3.06. The lowest BCUT2D eigenvalue weighted by molar-refractivity contribution is 0.467. The Morgan fingerprint density at radius 2 is 1.71 bits per heavy atom. The van der Waals surface area contributed by atoms with Gasteiger partial charge in [0.1, 0.15) is 0 Å². The molecule has 0 saturated carbocycles. The third kappa shape index (κ3) is 4.37. The van der Waals surface area contributed by atoms with Gasteiger partial charge >= 0.3 is 0 Å². The second-order valence-electron chi connectivity index (χ2n) is 7.97. The van der Waals surface area contributed by atoms with Crippen LogP contribution >= 0.6 is 0 Å². The van der Waals surface area contributed by atoms with E-state index in [-0.39, 0.29) is 11.5 Å². The summed E-state index contributed by atoms with van der Waals surface area (Å²) in [6, 6.07) is 13.1. The van der Waals surface area contributed by atoms with Crippen molar-refractivity contribution in [3.8, 4) is 11.8 Å². The van der Waals surface area contributed by atoms with Crippen molar-refractivity contribution in [3.63, 3.8) is 0 Å². The maximum Gasteiger partial charge on any atom is 0.174 e. The highest BCUT2D eigenvalue weighted by Crippen LogP contribution is 2.35. The number of rotatable bonds is 3. The van der Waals surface area contributed by atoms with Gasteiger partial charge in [0.15, 0.2) is 23.3 Å². The number of benzene rings is 3. The second-order valence-corrected chi connectivity index (χ2v) is 7.97. The Morgan fingerprint density at radius 1 is 0.871 bits per heavy atom. The summed E-state index contributed by atoms with van der Waals surface area (Å²) in [5.74, 6) is 2.19. The summed E-state index contributed by atoms with van der Waals surface area (Å²) in [5.41, 5.74) is 3.78. The van der Waals surface area contributed by atoms with E-state index in [9.17, 15) is 17.6 Å². The zero-order chi connectivity index (χ0) is 22.0. The van der Waals surface area contributed by atoms with Gasteiger partial charge in [-0.15, -0.1) is 0 Å². The molecule has 0 saturated heterocycles. The Kier molecular flexibility index (Phi) is 6.13. The fraction of sp³-hybridized carbons (Fsp3) is 0.259. The summed E-state index contributed by atoms with van der Waals surface area (Å²) < 4.78 is 56.2. The first-order valence-corrected chi connectivity index (χ1v) is 10.5. The van der Waals surface area contributed by atoms with Crippen LogP contribution in [0.4, 0.5) is 17.6 Å². The minimum Gasteiger partial charge on any atom is -0.204 e. The molecule has 4 heteroatoms. The molecule has 0 fully saturated rings. The first kappa shape index (κ1) is 21.2. The molecule has 0 amide bonds. The largest absolute Gasteiger partial charge is 0.204 e. The van der Waals surface area contributed by atoms with Crippen LogP contribution in [-0.2, 0) is 19.3 Å². The van der Waals surface area contributed by atoms with E-state index < -0.39 is 23.3 Å². The van der Waals surface area contributed by atoms with E-state index in [1.165, 1.54) is 12.1 Å². The molecule has 158 valence electrons. The normalized spacial score (nSPS) is 15.2. The molecule has 1 unspecified atom stereocenters. The molecule has 0 aliphatic heterocycles. The summed E-state index contributed by atoms with van der Waals surface area (Å²) in [7, 11) is 0. The van der Waals surface area contributed by atoms with E-state index in [0.29, 0.717) is 36.0 Å². The fourth-order valence-corrected chi connectivity index (χ4v) is 4.22. The van der Waals surface area contributed by atoms with Crippen molar-refractivity contribution in [2.45, 2.75) is 44.9 Å². The van der Waals surface area contributed by atoms with Crippen molar-refractivity contribution in [1.29, 1.82) is 0 Å². The molecule has 0 nitrogen and oxygen atoms in total. The number of hydrogen-bond acceptors (Lipinski definition) is 0. The van der Waals surface area contributed by atoms with Gasteiger partial charge < -0.3 is 0 Å². The van der Waals surface area contributed by atoms with Gasteiger partial charge in [-0.05, 0) is 78.1 Å². The van der Waals surface area contributed by atoms with Crippen molar-refractivity contribution < 1.29 is 17.6 Å². The van der Waals surface area contributed by atoms with Crippen LogP contribution in [0.15, 0.2) is 48.5 Å². The molecule has 3 aromatic rings. The van der Waals surface area contributed by atoms with Crippen LogP contribution in [0.1, 0.15) is 59.1 Å². The molecule has 0 aromatic heterocycles. The van der Waals surface area contributed by atoms with Gasteiger partial charge in [-0.3, -0.25) is 0 Å². The molecule has 4 rings (SSSR count). The van der Waals surface area contributed by atoms with Crippen LogP contribution < -0.4 is 0 Å². The molecule has 0 heterocycles. The minimum absolute atomic E-state index is 0.0156. The summed E-state index contributed by atoms with van der Waals surface area (Å²) >= 11 is 0. The number of halogens is 4. The summed E-state index contributed by atoms with van der Waals surface area (Å²) in [6.07, 6.45) is 3.36. The third-order valence-corrected chi connectivity index (χ3v) is 5.88. The van der Waals surface area contributed by atoms with Gasteiger partial charge in [-0.1, -0.05) is 49.5 Å². The molecule has 0 radical (unpaired) electrons. The molecule has 1 aliphatic rings. The Labute approximate surface area is 179 Å². The molecule has 0 N–H and O–H groups in total. The predicted octanol–water partition coefficient (Wildman–Crippen LogP) is 6.87. The molecule has 31 heavy (non-hydrogen) atoms. The number of fused-ring (bicyclic) bond motifs is 1. The van der Waals surface area contributed by atoms with Crippen LogP contribution in [-0.4, -0.2) is 0 Å². The monoisotopic (exact) mass is 422 g/mol. The zero-order valence-electron chi connectivity index (χ0n) is 17.2. The molecular weight excluding hydrogens is 400 g/mol. The predicted molar refractivity (Wildman–Crippen MR) is 114 cm³/mol. The van der Waals surface area contributed by atoms with Crippen molar-refractivity contribution in [1.82, 2.24) is 0 Å². The lowest BCUT2D eigenvalue weighted by Gasteiger charge is -2.26. The van der Waals surface area contributed by atoms with Gasteiger partial charge in [-0.25, -0.2) is 17.6 Å². The molecule has 1 atom stereocenters. The SMILES string of the molecule is CCCc1ccc(C2CCc3cc(C#Cc4cccc(F)c4F)ccc3C2)c(F)c1F. The third-order valence-electron chi connectivity index (χ3n) is 5.88. The van der Waals surface area contributed by atoms with E-state index in [2.05, 4.69) is 11.8 Å². The van der Waals surface area contributed by atoms with E-state index in [4.69, 9.17) is 0 Å². The van der Waals surface area contributed by atoms with Crippen molar-refractivity contribution in [3.05, 3.63) is 105 Å². The maximum absolute atomic E-state index is 14.7. The fourth-order valence-electron chi connectivity index (χ4n) is 4.22. The Balaban J connectivity index is 1.55. The zero-order valence-corrected chi connectivity index (χ0v) is 17.2. The van der Waals surface area contributed by atoms with Gasteiger partial charge in [0.25, 0.3) is 0 Å². The summed E-state index contributed by atoms with van der Waals surface area (Å²) in [4.78, 5) is 0. The second kappa shape index (κ2) is 8.98. The van der Waals surface area contributed by atoms with E-state index >= 15 is 0 Å². The van der Waals surface area contributed by atoms with Crippen molar-refractivity contribution in [2.24, 2.45) is 0 Å². The first-order valence-electron chi connectivity index (χ1n) is 10.5. The standard InChI is InChI=1S/C27H22F4/c1-2-4-18-13-14-23(27(31)26(18)30)22-12-11-20-15-17(8-10-21(20)16-22)7-9-19-5-3-6-24(28)25(19)29/h3,5-6,8,10,13-15,22H,2,4,11-12,16H2,1H3. The van der Waals surface area contributed by atoms with Crippen LogP contribution in [0, 0.1) is 35.1 Å². The molecule has 0 bridgehead atoms. The smallest absolute Gasteiger partial charge is 0.174 e. The average molecular weight is 422 g/mol. The highest BCUT2D eigenvalue weighted by molar-refractivity contribution is 5.47. The lowest BCUT2D eigenvalue weighted by Crippen LogP contribution is -2.15. The van der Waals surface area contributed by atoms with Gasteiger partial charge in [0.05, 0.1) is 5.56 Å². The maximum atomic E-state index is 14.7. The van der Waals surface area contributed by atoms with Crippen LogP contribution in [0.2, 0.25) is 0 Å². The van der Waals surface area contributed by atoms with E-state index in [1.54, 1.807) is 12.1 Å². The van der Waals surface area contributed by atoms with Gasteiger partial charge in [0, 0.05) is 5.56 Å². The average Bonchev–Trinajstić information content (AvgIpc) is 2.78. The highest BCUT2D eigenvalue weighted by Gasteiger charge is 2.25. The Bertz CT molecular complexity index is 1180. The molecule has 1 aliphatic carbocycles. The van der Waals surface area contributed by atoms with Crippen LogP contribution in [0.3, 0.4) is 0 Å². The lowest BCUT2D eigenvalue weighted by atomic mass is 9.79. The first-order chi connectivity index (χ1) is 15.0. The van der Waals surface area contributed by atoms with Gasteiger partial charge in [-0.2, -0.15) is 0 Å². The van der Waals surface area contributed by atoms with Crippen molar-refractivity contribution in [2.75, 3.05) is 0 Å². The van der Waals surface area contributed by atoms with Gasteiger partial charge in [0.2, 0.25) is 0 Å². The number of hydrogen-bond donors (Lipinski definition) is 0. The van der Waals surface area contributed by atoms with E-state index in [1.807, 2.05) is 25.1 Å². The highest BCUT2D eigenvalue weighted by atomic mass is 19.2. The van der Waals surface area contributed by atoms with E-state index in [0.717, 1.165) is 30.0 Å². The molecule has 3 aromatic carbocycles. The molecular formula is C27H22F4. The topological polar surface area (TPSA) is 0 Å².